The highest BCUT2D eigenvalue weighted by molar-refractivity contribution is 7.87. The van der Waals surface area contributed by atoms with Crippen LogP contribution in [0.15, 0.2) is 42.5 Å². The third-order valence-corrected chi connectivity index (χ3v) is 6.08. The lowest BCUT2D eigenvalue weighted by Gasteiger charge is -2.29. The number of nitrogens with zero attached hydrogens (tertiary/aromatic N) is 1. The number of urea groups is 1. The molecule has 1 atom stereocenters. The quantitative estimate of drug-likeness (QED) is 0.621. The summed E-state index contributed by atoms with van der Waals surface area (Å²) in [7, 11) is -3.60. The molecule has 1 N–H and O–H groups in total. The molecule has 0 aliphatic carbocycles. The Morgan fingerprint density at radius 2 is 1.72 bits per heavy atom. The van der Waals surface area contributed by atoms with Gasteiger partial charge in [-0.1, -0.05) is 37.3 Å². The lowest BCUT2D eigenvalue weighted by molar-refractivity contribution is 0.187. The minimum atomic E-state index is -3.60. The van der Waals surface area contributed by atoms with Crippen molar-refractivity contribution in [3.8, 4) is 5.75 Å². The fraction of sp³-hybridized carbons (Fsp3) is 0.409. The van der Waals surface area contributed by atoms with Crippen molar-refractivity contribution in [2.24, 2.45) is 0 Å². The van der Waals surface area contributed by atoms with E-state index >= 15 is 0 Å². The zero-order valence-electron chi connectivity index (χ0n) is 17.7. The van der Waals surface area contributed by atoms with Crippen LogP contribution in [0.5, 0.6) is 5.75 Å². The second kappa shape index (κ2) is 9.78. The Kier molecular flexibility index (Phi) is 7.67. The molecule has 0 spiro atoms. The number of amides is 2. The summed E-state index contributed by atoms with van der Waals surface area (Å²) < 4.78 is 28.6. The minimum absolute atomic E-state index is 0.00303. The number of hydrogen-bond acceptors (Lipinski definition) is 4. The zero-order chi connectivity index (χ0) is 21.6. The van der Waals surface area contributed by atoms with E-state index in [9.17, 15) is 13.2 Å². The number of carbonyl (C=O) groups excluding carboxylic acids is 1. The molecule has 2 aromatic carbocycles. The molecule has 2 rings (SSSR count). The van der Waals surface area contributed by atoms with Crippen LogP contribution in [0, 0.1) is 13.8 Å². The summed E-state index contributed by atoms with van der Waals surface area (Å²) in [5, 5.41) is 3.04. The Labute approximate surface area is 174 Å². The first kappa shape index (κ1) is 22.7. The van der Waals surface area contributed by atoms with Crippen LogP contribution in [0.4, 0.5) is 10.5 Å². The van der Waals surface area contributed by atoms with Gasteiger partial charge in [0, 0.05) is 18.3 Å². The zero-order valence-corrected chi connectivity index (χ0v) is 18.5. The molecule has 0 unspecified atom stereocenters. The van der Waals surface area contributed by atoms with Crippen LogP contribution < -0.4 is 9.50 Å². The summed E-state index contributed by atoms with van der Waals surface area (Å²) in [5.41, 5.74) is 3.62. The number of benzene rings is 2. The highest BCUT2D eigenvalue weighted by Crippen LogP contribution is 2.22. The predicted molar refractivity (Wildman–Crippen MR) is 117 cm³/mol. The second-order valence-electron chi connectivity index (χ2n) is 7.16. The fourth-order valence-corrected chi connectivity index (χ4v) is 3.45. The van der Waals surface area contributed by atoms with Crippen molar-refractivity contribution in [1.29, 1.82) is 0 Å². The van der Waals surface area contributed by atoms with Crippen molar-refractivity contribution >= 4 is 21.8 Å². The van der Waals surface area contributed by atoms with Crippen LogP contribution in [-0.4, -0.2) is 31.1 Å². The molecule has 0 heterocycles. The van der Waals surface area contributed by atoms with Gasteiger partial charge in [-0.15, -0.1) is 0 Å². The number of anilines is 1. The van der Waals surface area contributed by atoms with Crippen LogP contribution in [0.3, 0.4) is 0 Å². The molecule has 6 nitrogen and oxygen atoms in total. The van der Waals surface area contributed by atoms with Gasteiger partial charge in [-0.3, -0.25) is 0 Å². The molecule has 0 fully saturated rings. The van der Waals surface area contributed by atoms with Gasteiger partial charge in [0.05, 0.1) is 5.75 Å². The smallest absolute Gasteiger partial charge is 0.322 e. The van der Waals surface area contributed by atoms with Gasteiger partial charge in [-0.2, -0.15) is 8.42 Å². The maximum Gasteiger partial charge on any atom is 0.322 e. The van der Waals surface area contributed by atoms with E-state index < -0.39 is 10.1 Å². The third-order valence-electron chi connectivity index (χ3n) is 4.92. The van der Waals surface area contributed by atoms with Gasteiger partial charge in [-0.05, 0) is 62.9 Å². The third kappa shape index (κ3) is 6.22. The Morgan fingerprint density at radius 3 is 2.31 bits per heavy atom. The van der Waals surface area contributed by atoms with E-state index in [0.717, 1.165) is 28.8 Å². The average molecular weight is 419 g/mol. The summed E-state index contributed by atoms with van der Waals surface area (Å²) in [6, 6.07) is 12.5. The SMILES string of the molecule is CC[C@@H](C)N(Cc1cccc(OS(=O)(=O)CC)c1)C(=O)Nc1c(C)cccc1C. The molecule has 0 aliphatic heterocycles. The van der Waals surface area contributed by atoms with Gasteiger partial charge in [0.1, 0.15) is 5.75 Å². The molecule has 158 valence electrons. The lowest BCUT2D eigenvalue weighted by Crippen LogP contribution is -2.40. The van der Waals surface area contributed by atoms with E-state index in [2.05, 4.69) is 5.32 Å². The molecular formula is C22H30N2O4S. The maximum absolute atomic E-state index is 13.1. The van der Waals surface area contributed by atoms with Crippen molar-refractivity contribution in [3.63, 3.8) is 0 Å². The first-order chi connectivity index (χ1) is 13.7. The number of hydrogen-bond donors (Lipinski definition) is 1. The molecule has 29 heavy (non-hydrogen) atoms. The molecule has 0 aromatic heterocycles. The van der Waals surface area contributed by atoms with Crippen molar-refractivity contribution in [1.82, 2.24) is 4.90 Å². The fourth-order valence-electron chi connectivity index (χ4n) is 2.94. The van der Waals surface area contributed by atoms with Crippen molar-refractivity contribution < 1.29 is 17.4 Å². The minimum Gasteiger partial charge on any atom is -0.382 e. The van der Waals surface area contributed by atoms with E-state index in [1.165, 1.54) is 6.92 Å². The average Bonchev–Trinajstić information content (AvgIpc) is 2.68. The van der Waals surface area contributed by atoms with Crippen LogP contribution in [0.1, 0.15) is 43.9 Å². The molecule has 0 aliphatic rings. The van der Waals surface area contributed by atoms with Crippen molar-refractivity contribution in [2.75, 3.05) is 11.1 Å². The molecule has 0 saturated carbocycles. The summed E-state index contributed by atoms with van der Waals surface area (Å²) in [5.74, 6) is 0.151. The van der Waals surface area contributed by atoms with Crippen LogP contribution in [0.2, 0.25) is 0 Å². The van der Waals surface area contributed by atoms with Crippen molar-refractivity contribution in [3.05, 3.63) is 59.2 Å². The van der Waals surface area contributed by atoms with Gasteiger partial charge >= 0.3 is 16.1 Å². The molecule has 7 heteroatoms. The highest BCUT2D eigenvalue weighted by atomic mass is 32.2. The van der Waals surface area contributed by atoms with Gasteiger partial charge in [0.15, 0.2) is 0 Å². The molecule has 0 bridgehead atoms. The van der Waals surface area contributed by atoms with Gasteiger partial charge in [-0.25, -0.2) is 4.79 Å². The van der Waals surface area contributed by atoms with Gasteiger partial charge in [0.25, 0.3) is 0 Å². The van der Waals surface area contributed by atoms with Crippen LogP contribution in [0.25, 0.3) is 0 Å². The molecule has 2 aromatic rings. The normalized spacial score (nSPS) is 12.3. The summed E-state index contributed by atoms with van der Waals surface area (Å²) in [4.78, 5) is 14.8. The maximum atomic E-state index is 13.1. The largest absolute Gasteiger partial charge is 0.382 e. The number of rotatable bonds is 8. The highest BCUT2D eigenvalue weighted by Gasteiger charge is 2.21. The first-order valence-electron chi connectivity index (χ1n) is 9.81. The van der Waals surface area contributed by atoms with E-state index in [4.69, 9.17) is 4.18 Å². The Balaban J connectivity index is 2.24. The Morgan fingerprint density at radius 1 is 1.10 bits per heavy atom. The summed E-state index contributed by atoms with van der Waals surface area (Å²) >= 11 is 0. The molecular weight excluding hydrogens is 388 g/mol. The van der Waals surface area contributed by atoms with E-state index in [0.29, 0.717) is 6.54 Å². The summed E-state index contributed by atoms with van der Waals surface area (Å²) in [6.07, 6.45) is 0.792. The van der Waals surface area contributed by atoms with E-state index in [-0.39, 0.29) is 23.6 Å². The van der Waals surface area contributed by atoms with E-state index in [1.54, 1.807) is 23.1 Å². The van der Waals surface area contributed by atoms with Crippen molar-refractivity contribution in [2.45, 2.75) is 53.6 Å². The van der Waals surface area contributed by atoms with Gasteiger partial charge < -0.3 is 14.4 Å². The van der Waals surface area contributed by atoms with Gasteiger partial charge in [0.2, 0.25) is 0 Å². The standard InChI is InChI=1S/C22H30N2O4S/c1-6-18(5)24(22(25)23-21-16(3)10-8-11-17(21)4)15-19-12-9-13-20(14-19)28-29(26,27)7-2/h8-14,18H,6-7,15H2,1-5H3,(H,23,25)/t18-/m1/s1. The number of para-hydroxylation sites is 1. The number of carbonyl (C=O) groups is 1. The molecule has 2 amide bonds. The predicted octanol–water partition coefficient (Wildman–Crippen LogP) is 4.86. The topological polar surface area (TPSA) is 75.7 Å². The van der Waals surface area contributed by atoms with E-state index in [1.807, 2.05) is 52.0 Å². The Bertz CT molecular complexity index is 937. The Hall–Kier alpha value is -2.54. The number of nitrogens with one attached hydrogen (secondary N) is 1. The second-order valence-corrected chi connectivity index (χ2v) is 9.02. The lowest BCUT2D eigenvalue weighted by atomic mass is 10.1. The number of aryl methyl sites for hydroxylation is 2. The van der Waals surface area contributed by atoms with Crippen LogP contribution >= 0.6 is 0 Å². The monoisotopic (exact) mass is 418 g/mol. The van der Waals surface area contributed by atoms with Crippen LogP contribution in [-0.2, 0) is 16.7 Å². The first-order valence-corrected chi connectivity index (χ1v) is 11.4. The molecule has 0 radical (unpaired) electrons. The molecule has 0 saturated heterocycles. The summed E-state index contributed by atoms with van der Waals surface area (Å²) in [6.45, 7) is 9.82.